The van der Waals surface area contributed by atoms with E-state index < -0.39 is 0 Å². The van der Waals surface area contributed by atoms with Crippen LogP contribution < -0.4 is 0 Å². The first-order valence-corrected chi connectivity index (χ1v) is 6.01. The van der Waals surface area contributed by atoms with Crippen LogP contribution in [0.4, 0.5) is 0 Å². The fourth-order valence-electron chi connectivity index (χ4n) is 2.10. The van der Waals surface area contributed by atoms with Crippen molar-refractivity contribution >= 4 is 23.2 Å². The van der Waals surface area contributed by atoms with E-state index in [0.717, 1.165) is 22.4 Å². The second kappa shape index (κ2) is 4.63. The van der Waals surface area contributed by atoms with E-state index in [1.807, 2.05) is 0 Å². The van der Waals surface area contributed by atoms with Gasteiger partial charge in [-0.1, -0.05) is 29.3 Å². The van der Waals surface area contributed by atoms with Gasteiger partial charge in [-0.2, -0.15) is 0 Å². The Morgan fingerprint density at radius 2 is 1.47 bits per heavy atom. The molecule has 0 amide bonds. The minimum Gasteiger partial charge on any atom is -0.218 e. The fourth-order valence-corrected chi connectivity index (χ4v) is 2.51. The highest BCUT2D eigenvalue weighted by molar-refractivity contribution is 6.32. The lowest BCUT2D eigenvalue weighted by Gasteiger charge is -2.11. The van der Waals surface area contributed by atoms with Crippen LogP contribution in [0.1, 0.15) is 16.7 Å². The van der Waals surface area contributed by atoms with Gasteiger partial charge in [0, 0.05) is 11.6 Å². The lowest BCUT2D eigenvalue weighted by atomic mass is 9.97. The average molecular weight is 267 g/mol. The summed E-state index contributed by atoms with van der Waals surface area (Å²) in [5.74, 6) is 0. The molecule has 17 heavy (non-hydrogen) atoms. The van der Waals surface area contributed by atoms with Gasteiger partial charge >= 0.3 is 0 Å². The maximum absolute atomic E-state index is 5.90. The molecule has 0 bridgehead atoms. The Kier molecular flexibility index (Phi) is 3.36. The van der Waals surface area contributed by atoms with Crippen molar-refractivity contribution in [3.8, 4) is 11.3 Å². The summed E-state index contributed by atoms with van der Waals surface area (Å²) in [5, 5.41) is 0.534. The van der Waals surface area contributed by atoms with Gasteiger partial charge in [0.05, 0.1) is 5.69 Å². The molecular formula is C13H12Cl2N2. The number of aryl methyl sites for hydroxylation is 3. The van der Waals surface area contributed by atoms with Crippen molar-refractivity contribution in [1.29, 1.82) is 0 Å². The van der Waals surface area contributed by atoms with Gasteiger partial charge in [-0.25, -0.2) is 9.97 Å². The monoisotopic (exact) mass is 266 g/mol. The molecule has 88 valence electrons. The number of halogens is 2. The average Bonchev–Trinajstić information content (AvgIpc) is 2.13. The molecular weight excluding hydrogens is 255 g/mol. The van der Waals surface area contributed by atoms with Crippen LogP contribution in [-0.2, 0) is 0 Å². The number of hydrogen-bond donors (Lipinski definition) is 0. The van der Waals surface area contributed by atoms with Crippen LogP contribution in [0.3, 0.4) is 0 Å². The molecule has 2 rings (SSSR count). The number of nitrogens with zero attached hydrogens (tertiary/aromatic N) is 2. The Morgan fingerprint density at radius 1 is 0.882 bits per heavy atom. The molecule has 0 radical (unpaired) electrons. The molecule has 0 fully saturated rings. The molecule has 1 aromatic heterocycles. The third-order valence-electron chi connectivity index (χ3n) is 2.60. The molecule has 0 spiro atoms. The third kappa shape index (κ3) is 2.59. The molecule has 0 aliphatic rings. The standard InChI is InChI=1S/C13H12Cl2N2/c1-7-4-8(2)12(9(3)5-7)10-6-11(14)17-13(15)16-10/h4-6H,1-3H3. The molecule has 0 N–H and O–H groups in total. The second-order valence-corrected chi connectivity index (χ2v) is 4.84. The van der Waals surface area contributed by atoms with Crippen molar-refractivity contribution in [2.75, 3.05) is 0 Å². The van der Waals surface area contributed by atoms with Crippen LogP contribution >= 0.6 is 23.2 Å². The Balaban J connectivity index is 2.68. The number of benzene rings is 1. The molecule has 1 heterocycles. The summed E-state index contributed by atoms with van der Waals surface area (Å²) in [4.78, 5) is 8.08. The van der Waals surface area contributed by atoms with Crippen LogP contribution in [0.5, 0.6) is 0 Å². The van der Waals surface area contributed by atoms with Crippen molar-refractivity contribution in [2.45, 2.75) is 20.8 Å². The minimum atomic E-state index is 0.173. The lowest BCUT2D eigenvalue weighted by Crippen LogP contribution is -1.94. The summed E-state index contributed by atoms with van der Waals surface area (Å²) in [6, 6.07) is 5.97. The zero-order valence-corrected chi connectivity index (χ0v) is 11.4. The molecule has 0 aliphatic carbocycles. The molecule has 0 saturated heterocycles. The number of aromatic nitrogens is 2. The second-order valence-electron chi connectivity index (χ2n) is 4.12. The van der Waals surface area contributed by atoms with E-state index in [1.165, 1.54) is 5.56 Å². The van der Waals surface area contributed by atoms with E-state index in [9.17, 15) is 0 Å². The van der Waals surface area contributed by atoms with Crippen LogP contribution in [0, 0.1) is 20.8 Å². The van der Waals surface area contributed by atoms with Crippen LogP contribution in [0.2, 0.25) is 10.4 Å². The summed E-state index contributed by atoms with van der Waals surface area (Å²) >= 11 is 11.7. The molecule has 0 unspecified atom stereocenters. The molecule has 2 nitrogen and oxygen atoms in total. The van der Waals surface area contributed by atoms with Crippen molar-refractivity contribution in [3.63, 3.8) is 0 Å². The van der Waals surface area contributed by atoms with Gasteiger partial charge in [-0.15, -0.1) is 0 Å². The van der Waals surface area contributed by atoms with Crippen LogP contribution in [0.15, 0.2) is 18.2 Å². The predicted molar refractivity (Wildman–Crippen MR) is 71.7 cm³/mol. The molecule has 2 aromatic rings. The van der Waals surface area contributed by atoms with Gasteiger partial charge in [0.25, 0.3) is 0 Å². The van der Waals surface area contributed by atoms with Gasteiger partial charge in [-0.05, 0) is 43.5 Å². The topological polar surface area (TPSA) is 25.8 Å². The van der Waals surface area contributed by atoms with Crippen molar-refractivity contribution in [1.82, 2.24) is 9.97 Å². The highest BCUT2D eigenvalue weighted by Gasteiger charge is 2.10. The maximum Gasteiger partial charge on any atom is 0.224 e. The van der Waals surface area contributed by atoms with Gasteiger partial charge in [-0.3, -0.25) is 0 Å². The van der Waals surface area contributed by atoms with Gasteiger partial charge < -0.3 is 0 Å². The number of hydrogen-bond acceptors (Lipinski definition) is 2. The zero-order valence-electron chi connectivity index (χ0n) is 9.88. The summed E-state index contributed by atoms with van der Waals surface area (Å²) in [6.45, 7) is 6.18. The van der Waals surface area contributed by atoms with Crippen molar-refractivity contribution in [2.24, 2.45) is 0 Å². The Labute approximate surface area is 111 Å². The molecule has 0 atom stereocenters. The minimum absolute atomic E-state index is 0.173. The first-order valence-electron chi connectivity index (χ1n) is 5.25. The van der Waals surface area contributed by atoms with Crippen LogP contribution in [0.25, 0.3) is 11.3 Å². The van der Waals surface area contributed by atoms with E-state index in [4.69, 9.17) is 23.2 Å². The Morgan fingerprint density at radius 3 is 2.00 bits per heavy atom. The molecule has 4 heteroatoms. The van der Waals surface area contributed by atoms with Crippen molar-refractivity contribution < 1.29 is 0 Å². The highest BCUT2D eigenvalue weighted by Crippen LogP contribution is 2.28. The van der Waals surface area contributed by atoms with Crippen LogP contribution in [-0.4, -0.2) is 9.97 Å². The smallest absolute Gasteiger partial charge is 0.218 e. The van der Waals surface area contributed by atoms with Crippen molar-refractivity contribution in [3.05, 3.63) is 45.3 Å². The van der Waals surface area contributed by atoms with Gasteiger partial charge in [0.1, 0.15) is 5.15 Å². The SMILES string of the molecule is Cc1cc(C)c(-c2cc(Cl)nc(Cl)n2)c(C)c1. The summed E-state index contributed by atoms with van der Waals surface area (Å²) in [6.07, 6.45) is 0. The summed E-state index contributed by atoms with van der Waals surface area (Å²) < 4.78 is 0. The zero-order chi connectivity index (χ0) is 12.6. The highest BCUT2D eigenvalue weighted by atomic mass is 35.5. The van der Waals surface area contributed by atoms with Gasteiger partial charge in [0.15, 0.2) is 0 Å². The van der Waals surface area contributed by atoms with E-state index >= 15 is 0 Å². The van der Waals surface area contributed by atoms with E-state index in [2.05, 4.69) is 42.9 Å². The summed E-state index contributed by atoms with van der Waals surface area (Å²) in [7, 11) is 0. The fraction of sp³-hybridized carbons (Fsp3) is 0.231. The predicted octanol–water partition coefficient (Wildman–Crippen LogP) is 4.38. The molecule has 1 aromatic carbocycles. The van der Waals surface area contributed by atoms with E-state index in [1.54, 1.807) is 6.07 Å². The first-order chi connectivity index (χ1) is 7.97. The number of rotatable bonds is 1. The van der Waals surface area contributed by atoms with E-state index in [0.29, 0.717) is 5.15 Å². The Hall–Kier alpha value is -1.12. The quantitative estimate of drug-likeness (QED) is 0.566. The van der Waals surface area contributed by atoms with Gasteiger partial charge in [0.2, 0.25) is 5.28 Å². The van der Waals surface area contributed by atoms with E-state index in [-0.39, 0.29) is 5.28 Å². The Bertz CT molecular complexity index is 536. The summed E-state index contributed by atoms with van der Waals surface area (Å²) in [5.41, 5.74) is 5.39. The molecule has 0 saturated carbocycles. The largest absolute Gasteiger partial charge is 0.224 e. The molecule has 0 aliphatic heterocycles. The first kappa shape index (κ1) is 12.3. The lowest BCUT2D eigenvalue weighted by molar-refractivity contribution is 1.16. The normalized spacial score (nSPS) is 10.6. The maximum atomic E-state index is 5.90. The third-order valence-corrected chi connectivity index (χ3v) is 2.96.